The molecule has 1 atom stereocenters. The van der Waals surface area contributed by atoms with Gasteiger partial charge in [0.15, 0.2) is 0 Å². The van der Waals surface area contributed by atoms with Gasteiger partial charge in [0, 0.05) is 6.04 Å². The van der Waals surface area contributed by atoms with Gasteiger partial charge in [0.25, 0.3) is 0 Å². The van der Waals surface area contributed by atoms with Gasteiger partial charge in [-0.05, 0) is 37.0 Å². The van der Waals surface area contributed by atoms with Gasteiger partial charge in [0.05, 0.1) is 12.6 Å². The molecule has 5 heteroatoms. The zero-order chi connectivity index (χ0) is 13.8. The molecule has 0 saturated carbocycles. The average Bonchev–Trinajstić information content (AvgIpc) is 2.74. The molecular weight excluding hydrogens is 258 g/mol. The van der Waals surface area contributed by atoms with E-state index in [1.807, 2.05) is 30.0 Å². The number of rotatable bonds is 6. The third kappa shape index (κ3) is 2.81. The molecule has 0 amide bonds. The Morgan fingerprint density at radius 3 is 2.95 bits per heavy atom. The number of thioether (sulfide) groups is 1. The summed E-state index contributed by atoms with van der Waals surface area (Å²) in [5.74, 6) is 3.63. The van der Waals surface area contributed by atoms with Crippen LogP contribution in [0.4, 0.5) is 5.95 Å². The molecule has 0 aliphatic heterocycles. The first-order chi connectivity index (χ1) is 9.19. The highest BCUT2D eigenvalue weighted by Gasteiger charge is 2.16. The van der Waals surface area contributed by atoms with Gasteiger partial charge in [-0.15, -0.1) is 0 Å². The molecule has 2 N–H and O–H groups in total. The largest absolute Gasteiger partial charge is 0.494 e. The van der Waals surface area contributed by atoms with Gasteiger partial charge in [0.1, 0.15) is 11.3 Å². The predicted molar refractivity (Wildman–Crippen MR) is 83.0 cm³/mol. The van der Waals surface area contributed by atoms with Gasteiger partial charge in [-0.1, -0.05) is 13.0 Å². The summed E-state index contributed by atoms with van der Waals surface area (Å²) in [6, 6.07) is 6.28. The fourth-order valence-electron chi connectivity index (χ4n) is 2.26. The van der Waals surface area contributed by atoms with Crippen molar-refractivity contribution < 1.29 is 4.74 Å². The minimum atomic E-state index is 0.344. The Balaban J connectivity index is 2.34. The summed E-state index contributed by atoms with van der Waals surface area (Å²) in [5.41, 5.74) is 7.96. The third-order valence-corrected chi connectivity index (χ3v) is 4.19. The van der Waals surface area contributed by atoms with Crippen LogP contribution in [0.15, 0.2) is 18.2 Å². The molecule has 1 aromatic carbocycles. The SMILES string of the molecule is CCSCCC(C)n1c(N)nc2c(OC)cccc21. The molecule has 0 bridgehead atoms. The van der Waals surface area contributed by atoms with Crippen LogP contribution in [-0.2, 0) is 0 Å². The van der Waals surface area contributed by atoms with Crippen LogP contribution in [0.1, 0.15) is 26.3 Å². The van der Waals surface area contributed by atoms with Crippen molar-refractivity contribution in [2.45, 2.75) is 26.3 Å². The lowest BCUT2D eigenvalue weighted by Gasteiger charge is -2.15. The second kappa shape index (κ2) is 6.19. The smallest absolute Gasteiger partial charge is 0.201 e. The minimum Gasteiger partial charge on any atom is -0.494 e. The lowest BCUT2D eigenvalue weighted by atomic mass is 10.2. The van der Waals surface area contributed by atoms with Crippen molar-refractivity contribution in [1.29, 1.82) is 0 Å². The van der Waals surface area contributed by atoms with Crippen LogP contribution in [0.3, 0.4) is 0 Å². The summed E-state index contributed by atoms with van der Waals surface area (Å²) < 4.78 is 7.44. The number of nitrogens with zero attached hydrogens (tertiary/aromatic N) is 2. The Morgan fingerprint density at radius 1 is 1.47 bits per heavy atom. The topological polar surface area (TPSA) is 53.1 Å². The van der Waals surface area contributed by atoms with E-state index in [9.17, 15) is 0 Å². The number of anilines is 1. The molecule has 0 aliphatic carbocycles. The van der Waals surface area contributed by atoms with Crippen LogP contribution in [0.2, 0.25) is 0 Å². The highest BCUT2D eigenvalue weighted by atomic mass is 32.2. The molecule has 0 fully saturated rings. The van der Waals surface area contributed by atoms with Gasteiger partial charge in [-0.25, -0.2) is 4.98 Å². The third-order valence-electron chi connectivity index (χ3n) is 3.26. The van der Waals surface area contributed by atoms with Crippen LogP contribution in [0.25, 0.3) is 11.0 Å². The number of hydrogen-bond donors (Lipinski definition) is 1. The van der Waals surface area contributed by atoms with E-state index < -0.39 is 0 Å². The number of benzene rings is 1. The Labute approximate surface area is 118 Å². The summed E-state index contributed by atoms with van der Waals surface area (Å²) in [5, 5.41) is 0. The van der Waals surface area contributed by atoms with E-state index in [1.165, 1.54) is 0 Å². The number of fused-ring (bicyclic) bond motifs is 1. The van der Waals surface area contributed by atoms with Crippen molar-refractivity contribution in [2.75, 3.05) is 24.3 Å². The molecule has 0 radical (unpaired) electrons. The molecule has 1 unspecified atom stereocenters. The van der Waals surface area contributed by atoms with E-state index in [2.05, 4.69) is 23.4 Å². The van der Waals surface area contributed by atoms with Crippen LogP contribution in [0.5, 0.6) is 5.75 Å². The second-order valence-corrected chi connectivity index (χ2v) is 5.90. The molecule has 0 saturated heterocycles. The number of nitrogens with two attached hydrogens (primary N) is 1. The Kier molecular flexibility index (Phi) is 4.58. The number of nitrogen functional groups attached to an aromatic ring is 1. The first-order valence-electron chi connectivity index (χ1n) is 6.57. The van der Waals surface area contributed by atoms with Gasteiger partial charge < -0.3 is 15.0 Å². The Hall–Kier alpha value is -1.36. The molecule has 0 aliphatic rings. The van der Waals surface area contributed by atoms with Crippen molar-refractivity contribution >= 4 is 28.7 Å². The van der Waals surface area contributed by atoms with Crippen molar-refractivity contribution in [1.82, 2.24) is 9.55 Å². The van der Waals surface area contributed by atoms with Crippen molar-refractivity contribution in [3.63, 3.8) is 0 Å². The predicted octanol–water partition coefficient (Wildman–Crippen LogP) is 3.33. The summed E-state index contributed by atoms with van der Waals surface area (Å²) in [6.07, 6.45) is 1.09. The fraction of sp³-hybridized carbons (Fsp3) is 0.500. The molecule has 1 aromatic heterocycles. The first-order valence-corrected chi connectivity index (χ1v) is 7.72. The number of ether oxygens (including phenoxy) is 1. The van der Waals surface area contributed by atoms with E-state index in [-0.39, 0.29) is 0 Å². The van der Waals surface area contributed by atoms with Crippen LogP contribution >= 0.6 is 11.8 Å². The van der Waals surface area contributed by atoms with E-state index in [0.717, 1.165) is 34.7 Å². The average molecular weight is 279 g/mol. The maximum Gasteiger partial charge on any atom is 0.201 e. The van der Waals surface area contributed by atoms with Gasteiger partial charge in [-0.2, -0.15) is 11.8 Å². The molecule has 19 heavy (non-hydrogen) atoms. The number of aromatic nitrogens is 2. The molecule has 0 spiro atoms. The maximum absolute atomic E-state index is 6.07. The zero-order valence-electron chi connectivity index (χ0n) is 11.7. The standard InChI is InChI=1S/C14H21N3OS/c1-4-19-9-8-10(2)17-11-6-5-7-12(18-3)13(11)16-14(17)15/h5-7,10H,4,8-9H2,1-3H3,(H2,15,16). The summed E-state index contributed by atoms with van der Waals surface area (Å²) in [7, 11) is 1.66. The van der Waals surface area contributed by atoms with E-state index in [1.54, 1.807) is 7.11 Å². The molecule has 4 nitrogen and oxygen atoms in total. The van der Waals surface area contributed by atoms with E-state index in [4.69, 9.17) is 10.5 Å². The zero-order valence-corrected chi connectivity index (χ0v) is 12.5. The van der Waals surface area contributed by atoms with E-state index in [0.29, 0.717) is 12.0 Å². The van der Waals surface area contributed by atoms with Crippen LogP contribution in [0, 0.1) is 0 Å². The van der Waals surface area contributed by atoms with Gasteiger partial charge >= 0.3 is 0 Å². The summed E-state index contributed by atoms with van der Waals surface area (Å²) in [6.45, 7) is 4.37. The van der Waals surface area contributed by atoms with Gasteiger partial charge in [0.2, 0.25) is 5.95 Å². The van der Waals surface area contributed by atoms with Crippen molar-refractivity contribution in [2.24, 2.45) is 0 Å². The fourth-order valence-corrected chi connectivity index (χ4v) is 3.06. The van der Waals surface area contributed by atoms with E-state index >= 15 is 0 Å². The quantitative estimate of drug-likeness (QED) is 0.824. The second-order valence-electron chi connectivity index (χ2n) is 4.50. The lowest BCUT2D eigenvalue weighted by Crippen LogP contribution is -2.09. The molecular formula is C14H21N3OS. The van der Waals surface area contributed by atoms with Crippen LogP contribution < -0.4 is 10.5 Å². The molecule has 2 aromatic rings. The van der Waals surface area contributed by atoms with Crippen molar-refractivity contribution in [3.8, 4) is 5.75 Å². The maximum atomic E-state index is 6.07. The normalized spacial score (nSPS) is 12.8. The number of para-hydroxylation sites is 1. The van der Waals surface area contributed by atoms with Crippen molar-refractivity contribution in [3.05, 3.63) is 18.2 Å². The Bertz CT molecular complexity index is 553. The monoisotopic (exact) mass is 279 g/mol. The molecule has 1 heterocycles. The highest BCUT2D eigenvalue weighted by Crippen LogP contribution is 2.30. The number of hydrogen-bond acceptors (Lipinski definition) is 4. The number of methoxy groups -OCH3 is 1. The number of imidazole rings is 1. The first kappa shape index (κ1) is 14.1. The van der Waals surface area contributed by atoms with Gasteiger partial charge in [-0.3, -0.25) is 0 Å². The lowest BCUT2D eigenvalue weighted by molar-refractivity contribution is 0.419. The molecule has 104 valence electrons. The Morgan fingerprint density at radius 2 is 2.26 bits per heavy atom. The highest BCUT2D eigenvalue weighted by molar-refractivity contribution is 7.99. The van der Waals surface area contributed by atoms with Crippen LogP contribution in [-0.4, -0.2) is 28.2 Å². The summed E-state index contributed by atoms with van der Waals surface area (Å²) >= 11 is 1.95. The molecule has 2 rings (SSSR count). The summed E-state index contributed by atoms with van der Waals surface area (Å²) in [4.78, 5) is 4.44. The minimum absolute atomic E-state index is 0.344.